The molecule has 3 heteroatoms. The quantitative estimate of drug-likeness (QED) is 0.176. The number of benzene rings is 8. The van der Waals surface area contributed by atoms with Gasteiger partial charge >= 0.3 is 0 Å². The molecule has 0 atom stereocenters. The fraction of sp³-hybridized carbons (Fsp3) is 0. The van der Waals surface area contributed by atoms with Crippen molar-refractivity contribution in [2.45, 2.75) is 0 Å². The number of hydrogen-bond acceptors (Lipinski definition) is 3. The summed E-state index contributed by atoms with van der Waals surface area (Å²) in [6.07, 6.45) is 1.77. The monoisotopic (exact) mass is 638 g/mol. The molecule has 0 aliphatic heterocycles. The Morgan fingerprint density at radius 2 is 0.940 bits per heavy atom. The summed E-state index contributed by atoms with van der Waals surface area (Å²) in [6.45, 7) is 0. The third-order valence-electron chi connectivity index (χ3n) is 9.92. The maximum absolute atomic E-state index is 6.08. The first-order valence-electron chi connectivity index (χ1n) is 16.9. The first-order valence-corrected chi connectivity index (χ1v) is 16.9. The van der Waals surface area contributed by atoms with Gasteiger partial charge in [0.05, 0.1) is 0 Å². The number of furan rings is 1. The standard InChI is InChI=1S/C47H30N2O/c1-2-7-31(8-3-1)32-14-20-37(21-15-32)49(39-24-27-46-45(30-39)43-11-6-28-48-47(43)50-46)38-22-16-33(17-23-38)36-13-12-35-19-25-41-40-10-5-4-9-34(40)18-26-42(41)44(35)29-36/h1-30H. The van der Waals surface area contributed by atoms with Crippen molar-refractivity contribution in [1.82, 2.24) is 4.98 Å². The second kappa shape index (κ2) is 11.5. The molecule has 0 fully saturated rings. The smallest absolute Gasteiger partial charge is 0.227 e. The molecule has 50 heavy (non-hydrogen) atoms. The Bertz CT molecular complexity index is 2850. The summed E-state index contributed by atoms with van der Waals surface area (Å²) in [6, 6.07) is 63.1. The molecule has 0 spiro atoms. The van der Waals surface area contributed by atoms with Gasteiger partial charge in [-0.15, -0.1) is 0 Å². The normalized spacial score (nSPS) is 11.6. The van der Waals surface area contributed by atoms with Crippen LogP contribution in [0.5, 0.6) is 0 Å². The van der Waals surface area contributed by atoms with Crippen molar-refractivity contribution in [1.29, 1.82) is 0 Å². The van der Waals surface area contributed by atoms with Gasteiger partial charge in [-0.3, -0.25) is 0 Å². The van der Waals surface area contributed by atoms with Crippen molar-refractivity contribution >= 4 is 71.4 Å². The van der Waals surface area contributed by atoms with Gasteiger partial charge in [0.25, 0.3) is 0 Å². The third kappa shape index (κ3) is 4.71. The number of pyridine rings is 1. The van der Waals surface area contributed by atoms with Crippen molar-refractivity contribution in [3.63, 3.8) is 0 Å². The molecular weight excluding hydrogens is 609 g/mol. The van der Waals surface area contributed by atoms with E-state index in [0.29, 0.717) is 5.71 Å². The molecule has 0 radical (unpaired) electrons. The van der Waals surface area contributed by atoms with Crippen LogP contribution < -0.4 is 4.90 Å². The summed E-state index contributed by atoms with van der Waals surface area (Å²) in [5, 5.41) is 9.69. The van der Waals surface area contributed by atoms with E-state index in [2.05, 4.69) is 180 Å². The first kappa shape index (κ1) is 28.3. The average Bonchev–Trinajstić information content (AvgIpc) is 3.56. The zero-order valence-electron chi connectivity index (χ0n) is 27.1. The topological polar surface area (TPSA) is 29.3 Å². The van der Waals surface area contributed by atoms with Gasteiger partial charge in [-0.2, -0.15) is 0 Å². The fourth-order valence-electron chi connectivity index (χ4n) is 7.42. The molecule has 234 valence electrons. The van der Waals surface area contributed by atoms with Gasteiger partial charge in [-0.1, -0.05) is 115 Å². The van der Waals surface area contributed by atoms with Gasteiger partial charge in [0, 0.05) is 34.0 Å². The number of hydrogen-bond donors (Lipinski definition) is 0. The highest BCUT2D eigenvalue weighted by Gasteiger charge is 2.17. The van der Waals surface area contributed by atoms with Crippen LogP contribution in [0, 0.1) is 0 Å². The minimum atomic E-state index is 0.652. The van der Waals surface area contributed by atoms with E-state index in [9.17, 15) is 0 Å². The van der Waals surface area contributed by atoms with Crippen LogP contribution in [0.4, 0.5) is 17.1 Å². The van der Waals surface area contributed by atoms with Crippen LogP contribution in [0.2, 0.25) is 0 Å². The van der Waals surface area contributed by atoms with Crippen LogP contribution in [0.25, 0.3) is 76.6 Å². The zero-order chi connectivity index (χ0) is 33.0. The predicted octanol–water partition coefficient (Wildman–Crippen LogP) is 13.2. The Kier molecular flexibility index (Phi) is 6.49. The van der Waals surface area contributed by atoms with Crippen molar-refractivity contribution in [2.24, 2.45) is 0 Å². The summed E-state index contributed by atoms with van der Waals surface area (Å²) >= 11 is 0. The summed E-state index contributed by atoms with van der Waals surface area (Å²) in [4.78, 5) is 6.77. The maximum Gasteiger partial charge on any atom is 0.227 e. The highest BCUT2D eigenvalue weighted by molar-refractivity contribution is 6.17. The second-order valence-corrected chi connectivity index (χ2v) is 12.8. The van der Waals surface area contributed by atoms with Crippen molar-refractivity contribution in [3.05, 3.63) is 182 Å². The lowest BCUT2D eigenvalue weighted by Crippen LogP contribution is -2.09. The molecule has 0 bridgehead atoms. The molecule has 3 nitrogen and oxygen atoms in total. The summed E-state index contributed by atoms with van der Waals surface area (Å²) in [5.41, 5.74) is 9.43. The fourth-order valence-corrected chi connectivity index (χ4v) is 7.42. The Morgan fingerprint density at radius 3 is 1.72 bits per heavy atom. The Labute approximate surface area is 289 Å². The van der Waals surface area contributed by atoms with E-state index in [1.54, 1.807) is 6.20 Å². The molecular formula is C47H30N2O. The van der Waals surface area contributed by atoms with Gasteiger partial charge < -0.3 is 9.32 Å². The lowest BCUT2D eigenvalue weighted by molar-refractivity contribution is 0.654. The van der Waals surface area contributed by atoms with Crippen LogP contribution in [0.15, 0.2) is 187 Å². The predicted molar refractivity (Wildman–Crippen MR) is 210 cm³/mol. The van der Waals surface area contributed by atoms with Crippen molar-refractivity contribution < 1.29 is 4.42 Å². The van der Waals surface area contributed by atoms with Crippen LogP contribution in [-0.2, 0) is 0 Å². The zero-order valence-corrected chi connectivity index (χ0v) is 27.1. The number of anilines is 3. The van der Waals surface area contributed by atoms with Crippen LogP contribution in [-0.4, -0.2) is 4.98 Å². The van der Waals surface area contributed by atoms with Gasteiger partial charge in [0.2, 0.25) is 5.71 Å². The van der Waals surface area contributed by atoms with E-state index in [4.69, 9.17) is 4.42 Å². The van der Waals surface area contributed by atoms with E-state index < -0.39 is 0 Å². The molecule has 2 heterocycles. The highest BCUT2D eigenvalue weighted by atomic mass is 16.3. The third-order valence-corrected chi connectivity index (χ3v) is 9.92. The van der Waals surface area contributed by atoms with Crippen LogP contribution >= 0.6 is 0 Å². The van der Waals surface area contributed by atoms with Crippen molar-refractivity contribution in [3.8, 4) is 22.3 Å². The average molecular weight is 639 g/mol. The second-order valence-electron chi connectivity index (χ2n) is 12.8. The molecule has 0 unspecified atom stereocenters. The Balaban J connectivity index is 1.08. The van der Waals surface area contributed by atoms with E-state index in [1.807, 2.05) is 6.07 Å². The van der Waals surface area contributed by atoms with E-state index in [0.717, 1.165) is 33.4 Å². The lowest BCUT2D eigenvalue weighted by Gasteiger charge is -2.26. The molecule has 0 aliphatic carbocycles. The van der Waals surface area contributed by atoms with Gasteiger partial charge in [-0.05, 0) is 115 Å². The number of fused-ring (bicyclic) bond motifs is 8. The largest absolute Gasteiger partial charge is 0.438 e. The SMILES string of the molecule is c1ccc(-c2ccc(N(c3ccc(-c4ccc5ccc6c7ccccc7ccc6c5c4)cc3)c3ccc4oc5ncccc5c4c3)cc2)cc1. The van der Waals surface area contributed by atoms with Crippen molar-refractivity contribution in [2.75, 3.05) is 4.90 Å². The van der Waals surface area contributed by atoms with E-state index in [1.165, 1.54) is 54.6 Å². The molecule has 10 rings (SSSR count). The van der Waals surface area contributed by atoms with E-state index >= 15 is 0 Å². The maximum atomic E-state index is 6.08. The lowest BCUT2D eigenvalue weighted by atomic mass is 9.94. The summed E-state index contributed by atoms with van der Waals surface area (Å²) in [5.74, 6) is 0. The molecule has 8 aromatic carbocycles. The molecule has 2 aromatic heterocycles. The van der Waals surface area contributed by atoms with E-state index in [-0.39, 0.29) is 0 Å². The molecule has 0 saturated heterocycles. The molecule has 0 amide bonds. The molecule has 0 N–H and O–H groups in total. The number of rotatable bonds is 5. The van der Waals surface area contributed by atoms with Gasteiger partial charge in [0.15, 0.2) is 0 Å². The number of aromatic nitrogens is 1. The number of nitrogens with zero attached hydrogens (tertiary/aromatic N) is 2. The van der Waals surface area contributed by atoms with Crippen LogP contribution in [0.3, 0.4) is 0 Å². The molecule has 0 aliphatic rings. The van der Waals surface area contributed by atoms with Gasteiger partial charge in [0.1, 0.15) is 5.58 Å². The molecule has 10 aromatic rings. The van der Waals surface area contributed by atoms with Crippen LogP contribution in [0.1, 0.15) is 0 Å². The Morgan fingerprint density at radius 1 is 0.360 bits per heavy atom. The first-order chi connectivity index (χ1) is 24.8. The summed E-state index contributed by atoms with van der Waals surface area (Å²) in [7, 11) is 0. The Hall–Kier alpha value is -6.71. The van der Waals surface area contributed by atoms with Gasteiger partial charge in [-0.25, -0.2) is 4.98 Å². The summed E-state index contributed by atoms with van der Waals surface area (Å²) < 4.78 is 6.08. The highest BCUT2D eigenvalue weighted by Crippen LogP contribution is 2.40. The molecule has 0 saturated carbocycles. The minimum absolute atomic E-state index is 0.652. The minimum Gasteiger partial charge on any atom is -0.438 e.